The summed E-state index contributed by atoms with van der Waals surface area (Å²) in [6.07, 6.45) is -2.71. The summed E-state index contributed by atoms with van der Waals surface area (Å²) in [6, 6.07) is 9.75. The Morgan fingerprint density at radius 3 is 2.65 bits per heavy atom. The number of benzene rings is 2. The molecule has 140 valence electrons. The van der Waals surface area contributed by atoms with Crippen LogP contribution in [0, 0.1) is 5.82 Å². The summed E-state index contributed by atoms with van der Waals surface area (Å²) < 4.78 is 60.1. The second-order valence-electron chi connectivity index (χ2n) is 6.20. The molecule has 1 N–H and O–H groups in total. The zero-order valence-corrected chi connectivity index (χ0v) is 14.2. The molecule has 0 saturated carbocycles. The summed E-state index contributed by atoms with van der Waals surface area (Å²) in [7, 11) is 1.38. The summed E-state index contributed by atoms with van der Waals surface area (Å²) in [6.45, 7) is -0.853. The maximum atomic E-state index is 13.3. The minimum absolute atomic E-state index is 0.0512. The van der Waals surface area contributed by atoms with Gasteiger partial charge in [0.2, 0.25) is 0 Å². The van der Waals surface area contributed by atoms with Gasteiger partial charge in [0.1, 0.15) is 5.82 Å². The molecule has 2 aromatic rings. The fraction of sp³-hybridized carbons (Fsp3) is 0.368. The number of methoxy groups -OCH3 is 1. The summed E-state index contributed by atoms with van der Waals surface area (Å²) in [5.74, 6) is 0.0706. The molecule has 7 heteroatoms. The van der Waals surface area contributed by atoms with E-state index < -0.39 is 12.8 Å². The first-order valence-corrected chi connectivity index (χ1v) is 8.24. The van der Waals surface area contributed by atoms with Crippen molar-refractivity contribution in [2.24, 2.45) is 0 Å². The molecule has 1 aliphatic carbocycles. The molecule has 26 heavy (non-hydrogen) atoms. The third-order valence-electron chi connectivity index (χ3n) is 4.35. The van der Waals surface area contributed by atoms with Crippen LogP contribution in [0.3, 0.4) is 0 Å². The van der Waals surface area contributed by atoms with Crippen LogP contribution in [0.1, 0.15) is 29.2 Å². The van der Waals surface area contributed by atoms with E-state index in [2.05, 4.69) is 5.32 Å². The van der Waals surface area contributed by atoms with Gasteiger partial charge < -0.3 is 14.8 Å². The molecule has 0 aliphatic heterocycles. The van der Waals surface area contributed by atoms with E-state index in [0.29, 0.717) is 6.54 Å². The lowest BCUT2D eigenvalue weighted by molar-refractivity contribution is -0.153. The zero-order chi connectivity index (χ0) is 18.7. The van der Waals surface area contributed by atoms with Gasteiger partial charge in [-0.3, -0.25) is 0 Å². The molecule has 2 aromatic carbocycles. The minimum Gasteiger partial charge on any atom is -0.493 e. The van der Waals surface area contributed by atoms with Crippen molar-refractivity contribution < 1.29 is 27.0 Å². The number of rotatable bonds is 6. The lowest BCUT2D eigenvalue weighted by Crippen LogP contribution is -2.20. The molecule has 0 spiro atoms. The Labute approximate surface area is 148 Å². The van der Waals surface area contributed by atoms with E-state index in [4.69, 9.17) is 9.47 Å². The summed E-state index contributed by atoms with van der Waals surface area (Å²) in [5, 5.41) is 3.40. The van der Waals surface area contributed by atoms with E-state index in [1.54, 1.807) is 24.3 Å². The van der Waals surface area contributed by atoms with E-state index in [-0.39, 0.29) is 23.4 Å². The molecule has 0 amide bonds. The molecular weight excluding hydrogens is 350 g/mol. The van der Waals surface area contributed by atoms with Gasteiger partial charge in [-0.1, -0.05) is 12.1 Å². The maximum absolute atomic E-state index is 13.3. The predicted molar refractivity (Wildman–Crippen MR) is 88.8 cm³/mol. The van der Waals surface area contributed by atoms with Crippen LogP contribution in [-0.2, 0) is 13.0 Å². The number of aryl methyl sites for hydroxylation is 1. The van der Waals surface area contributed by atoms with Crippen LogP contribution in [0.5, 0.6) is 11.5 Å². The monoisotopic (exact) mass is 369 g/mol. The van der Waals surface area contributed by atoms with Crippen LogP contribution in [0.25, 0.3) is 0 Å². The predicted octanol–water partition coefficient (Wildman–Crippen LogP) is 4.55. The topological polar surface area (TPSA) is 30.5 Å². The molecule has 1 aliphatic rings. The van der Waals surface area contributed by atoms with Gasteiger partial charge in [-0.05, 0) is 53.8 Å². The van der Waals surface area contributed by atoms with Gasteiger partial charge in [0.25, 0.3) is 0 Å². The average Bonchev–Trinajstić information content (AvgIpc) is 2.99. The molecule has 3 rings (SSSR count). The number of ether oxygens (including phenoxy) is 2. The van der Waals surface area contributed by atoms with Gasteiger partial charge in [0.05, 0.1) is 7.11 Å². The van der Waals surface area contributed by atoms with E-state index in [9.17, 15) is 17.6 Å². The minimum atomic E-state index is -4.40. The van der Waals surface area contributed by atoms with Crippen molar-refractivity contribution >= 4 is 0 Å². The second-order valence-corrected chi connectivity index (χ2v) is 6.20. The first-order chi connectivity index (χ1) is 12.4. The maximum Gasteiger partial charge on any atom is 0.422 e. The third kappa shape index (κ3) is 4.46. The lowest BCUT2D eigenvalue weighted by Gasteiger charge is -2.16. The van der Waals surface area contributed by atoms with Crippen molar-refractivity contribution in [3.8, 4) is 11.5 Å². The van der Waals surface area contributed by atoms with Crippen molar-refractivity contribution in [2.75, 3.05) is 13.7 Å². The number of hydrogen-bond acceptors (Lipinski definition) is 3. The van der Waals surface area contributed by atoms with Gasteiger partial charge in [-0.2, -0.15) is 13.2 Å². The second kappa shape index (κ2) is 7.53. The smallest absolute Gasteiger partial charge is 0.422 e. The third-order valence-corrected chi connectivity index (χ3v) is 4.35. The first kappa shape index (κ1) is 18.5. The van der Waals surface area contributed by atoms with Crippen molar-refractivity contribution in [1.29, 1.82) is 0 Å². The molecule has 0 fully saturated rings. The van der Waals surface area contributed by atoms with Crippen molar-refractivity contribution in [3.63, 3.8) is 0 Å². The van der Waals surface area contributed by atoms with E-state index in [1.807, 2.05) is 0 Å². The van der Waals surface area contributed by atoms with Crippen molar-refractivity contribution in [3.05, 3.63) is 58.9 Å². The summed E-state index contributed by atoms with van der Waals surface area (Å²) >= 11 is 0. The highest BCUT2D eigenvalue weighted by Crippen LogP contribution is 2.33. The van der Waals surface area contributed by atoms with Crippen molar-refractivity contribution in [2.45, 2.75) is 31.6 Å². The average molecular weight is 369 g/mol. The number of fused-ring (bicyclic) bond motifs is 1. The molecule has 1 unspecified atom stereocenters. The molecule has 0 radical (unpaired) electrons. The molecule has 3 nitrogen and oxygen atoms in total. The molecule has 1 atom stereocenters. The fourth-order valence-electron chi connectivity index (χ4n) is 3.14. The zero-order valence-electron chi connectivity index (χ0n) is 14.2. The largest absolute Gasteiger partial charge is 0.493 e. The molecule has 0 heterocycles. The normalized spacial score (nSPS) is 16.4. The van der Waals surface area contributed by atoms with E-state index in [0.717, 1.165) is 29.5 Å². The first-order valence-electron chi connectivity index (χ1n) is 8.24. The van der Waals surface area contributed by atoms with Crippen LogP contribution in [0.15, 0.2) is 36.4 Å². The van der Waals surface area contributed by atoms with Crippen LogP contribution in [-0.4, -0.2) is 19.9 Å². The number of nitrogens with one attached hydrogen (secondary N) is 1. The highest BCUT2D eigenvalue weighted by molar-refractivity contribution is 5.43. The molecule has 0 saturated heterocycles. The van der Waals surface area contributed by atoms with Crippen LogP contribution >= 0.6 is 0 Å². The Balaban J connectivity index is 1.64. The van der Waals surface area contributed by atoms with Crippen molar-refractivity contribution in [1.82, 2.24) is 5.32 Å². The van der Waals surface area contributed by atoms with E-state index in [1.165, 1.54) is 19.2 Å². The highest BCUT2D eigenvalue weighted by Gasteiger charge is 2.29. The van der Waals surface area contributed by atoms with Gasteiger partial charge in [-0.25, -0.2) is 4.39 Å². The highest BCUT2D eigenvalue weighted by atomic mass is 19.4. The quantitative estimate of drug-likeness (QED) is 0.758. The fourth-order valence-corrected chi connectivity index (χ4v) is 3.14. The van der Waals surface area contributed by atoms with Gasteiger partial charge in [-0.15, -0.1) is 0 Å². The molecular formula is C19H19F4NO2. The Morgan fingerprint density at radius 2 is 1.92 bits per heavy atom. The van der Waals surface area contributed by atoms with Crippen LogP contribution in [0.4, 0.5) is 17.6 Å². The summed E-state index contributed by atoms with van der Waals surface area (Å²) in [4.78, 5) is 0. The number of halogens is 4. The Bertz CT molecular complexity index is 777. The SMILES string of the molecule is COc1cc(CNC2CCc3cc(F)ccc32)ccc1OCC(F)(F)F. The Hall–Kier alpha value is -2.28. The Kier molecular flexibility index (Phi) is 5.36. The summed E-state index contributed by atoms with van der Waals surface area (Å²) in [5.41, 5.74) is 2.95. The molecule has 0 aromatic heterocycles. The standard InChI is InChI=1S/C19H19F4NO2/c1-25-18-8-12(2-7-17(18)26-11-19(21,22)23)10-24-16-6-3-13-9-14(20)4-5-15(13)16/h2,4-5,7-9,16,24H,3,6,10-11H2,1H3. The van der Waals surface area contributed by atoms with Crippen LogP contribution < -0.4 is 14.8 Å². The lowest BCUT2D eigenvalue weighted by atomic mass is 10.1. The Morgan fingerprint density at radius 1 is 1.12 bits per heavy atom. The molecule has 0 bridgehead atoms. The number of alkyl halides is 3. The van der Waals surface area contributed by atoms with Gasteiger partial charge >= 0.3 is 6.18 Å². The van der Waals surface area contributed by atoms with Crippen LogP contribution in [0.2, 0.25) is 0 Å². The van der Waals surface area contributed by atoms with E-state index >= 15 is 0 Å². The number of hydrogen-bond donors (Lipinski definition) is 1. The van der Waals surface area contributed by atoms with Gasteiger partial charge in [0, 0.05) is 12.6 Å². The van der Waals surface area contributed by atoms with Gasteiger partial charge in [0.15, 0.2) is 18.1 Å².